The second kappa shape index (κ2) is 6.91. The summed E-state index contributed by atoms with van der Waals surface area (Å²) in [5.74, 6) is 0.940. The van der Waals surface area contributed by atoms with E-state index in [1.165, 1.54) is 0 Å². The smallest absolute Gasteiger partial charge is 0.246 e. The Morgan fingerprint density at radius 3 is 2.70 bits per heavy atom. The van der Waals surface area contributed by atoms with Crippen LogP contribution in [0.5, 0.6) is 0 Å². The lowest BCUT2D eigenvalue weighted by molar-refractivity contribution is -0.128. The fourth-order valence-electron chi connectivity index (χ4n) is 3.02. The highest BCUT2D eigenvalue weighted by atomic mass is 16.5. The van der Waals surface area contributed by atoms with Gasteiger partial charge < -0.3 is 14.6 Å². The summed E-state index contributed by atoms with van der Waals surface area (Å²) in [5.41, 5.74) is 0.537. The minimum Gasteiger partial charge on any atom is -0.367 e. The molecule has 1 fully saturated rings. The highest BCUT2D eigenvalue weighted by Crippen LogP contribution is 2.37. The highest BCUT2D eigenvalue weighted by molar-refractivity contribution is 5.78. The van der Waals surface area contributed by atoms with Gasteiger partial charge in [-0.05, 0) is 18.4 Å². The molecule has 0 atom stereocenters. The van der Waals surface area contributed by atoms with E-state index in [0.29, 0.717) is 18.3 Å². The van der Waals surface area contributed by atoms with Crippen molar-refractivity contribution in [3.05, 3.63) is 47.6 Å². The standard InChI is InChI=1S/C17H21N3O3/c1-13-18-16(20-23-13)17(9-5-6-10-17)19-15(21)12-22-11-14-7-3-2-4-8-14/h2-4,7-8H,5-6,9-12H2,1H3,(H,19,21). The highest BCUT2D eigenvalue weighted by Gasteiger charge is 2.41. The summed E-state index contributed by atoms with van der Waals surface area (Å²) < 4.78 is 10.6. The molecule has 0 spiro atoms. The second-order valence-electron chi connectivity index (χ2n) is 5.95. The van der Waals surface area contributed by atoms with Crippen LogP contribution in [-0.2, 0) is 21.7 Å². The molecule has 23 heavy (non-hydrogen) atoms. The van der Waals surface area contributed by atoms with E-state index in [1.807, 2.05) is 30.3 Å². The van der Waals surface area contributed by atoms with E-state index in [2.05, 4.69) is 15.5 Å². The van der Waals surface area contributed by atoms with E-state index in [-0.39, 0.29) is 12.5 Å². The van der Waals surface area contributed by atoms with Crippen molar-refractivity contribution < 1.29 is 14.1 Å². The minimum atomic E-state index is -0.509. The summed E-state index contributed by atoms with van der Waals surface area (Å²) in [7, 11) is 0. The van der Waals surface area contributed by atoms with Crippen molar-refractivity contribution in [2.45, 2.75) is 44.8 Å². The number of hydrogen-bond acceptors (Lipinski definition) is 5. The largest absolute Gasteiger partial charge is 0.367 e. The molecule has 1 saturated carbocycles. The van der Waals surface area contributed by atoms with Gasteiger partial charge in [0.2, 0.25) is 11.8 Å². The molecule has 0 saturated heterocycles. The van der Waals surface area contributed by atoms with Crippen LogP contribution in [0.2, 0.25) is 0 Å². The molecule has 1 amide bonds. The van der Waals surface area contributed by atoms with Crippen molar-refractivity contribution in [1.82, 2.24) is 15.5 Å². The molecule has 0 aliphatic heterocycles. The van der Waals surface area contributed by atoms with E-state index in [4.69, 9.17) is 9.26 Å². The Balaban J connectivity index is 1.57. The van der Waals surface area contributed by atoms with Crippen LogP contribution >= 0.6 is 0 Å². The molecular formula is C17H21N3O3. The van der Waals surface area contributed by atoms with Gasteiger partial charge in [0.1, 0.15) is 12.1 Å². The molecule has 122 valence electrons. The number of amides is 1. The maximum Gasteiger partial charge on any atom is 0.246 e. The molecule has 6 nitrogen and oxygen atoms in total. The third-order valence-electron chi connectivity index (χ3n) is 4.14. The van der Waals surface area contributed by atoms with Crippen LogP contribution in [0, 0.1) is 6.92 Å². The number of ether oxygens (including phenoxy) is 1. The van der Waals surface area contributed by atoms with Gasteiger partial charge in [-0.15, -0.1) is 0 Å². The van der Waals surface area contributed by atoms with E-state index in [0.717, 1.165) is 31.2 Å². The molecule has 3 rings (SSSR count). The Kier molecular flexibility index (Phi) is 4.71. The van der Waals surface area contributed by atoms with Crippen LogP contribution in [0.25, 0.3) is 0 Å². The molecule has 2 aromatic rings. The van der Waals surface area contributed by atoms with Gasteiger partial charge in [-0.3, -0.25) is 4.79 Å². The Morgan fingerprint density at radius 1 is 1.30 bits per heavy atom. The SMILES string of the molecule is Cc1nc(C2(NC(=O)COCc3ccccc3)CCCC2)no1. The number of hydrogen-bond donors (Lipinski definition) is 1. The number of aryl methyl sites for hydroxylation is 1. The van der Waals surface area contributed by atoms with Gasteiger partial charge >= 0.3 is 0 Å². The summed E-state index contributed by atoms with van der Waals surface area (Å²) in [6.45, 7) is 2.19. The van der Waals surface area contributed by atoms with Crippen molar-refractivity contribution in [2.24, 2.45) is 0 Å². The van der Waals surface area contributed by atoms with Crippen LogP contribution in [0.4, 0.5) is 0 Å². The molecule has 0 bridgehead atoms. The van der Waals surface area contributed by atoms with Crippen LogP contribution in [0.1, 0.15) is 43.0 Å². The maximum atomic E-state index is 12.3. The Labute approximate surface area is 135 Å². The lowest BCUT2D eigenvalue weighted by Crippen LogP contribution is -2.46. The zero-order valence-electron chi connectivity index (χ0n) is 13.2. The quantitative estimate of drug-likeness (QED) is 0.886. The predicted octanol–water partition coefficient (Wildman–Crippen LogP) is 2.48. The van der Waals surface area contributed by atoms with Gasteiger partial charge in [0.05, 0.1) is 6.61 Å². The summed E-state index contributed by atoms with van der Waals surface area (Å²) in [6, 6.07) is 9.79. The van der Waals surface area contributed by atoms with Gasteiger partial charge in [0, 0.05) is 6.92 Å². The molecule has 1 heterocycles. The first kappa shape index (κ1) is 15.7. The first-order valence-corrected chi connectivity index (χ1v) is 7.91. The number of carbonyl (C=O) groups excluding carboxylic acids is 1. The topological polar surface area (TPSA) is 77.2 Å². The molecule has 6 heteroatoms. The van der Waals surface area contributed by atoms with E-state index in [9.17, 15) is 4.79 Å². The number of benzene rings is 1. The Hall–Kier alpha value is -2.21. The lowest BCUT2D eigenvalue weighted by Gasteiger charge is -2.26. The van der Waals surface area contributed by atoms with Crippen molar-refractivity contribution in [1.29, 1.82) is 0 Å². The molecule has 1 aromatic heterocycles. The minimum absolute atomic E-state index is 0.0213. The average molecular weight is 315 g/mol. The third-order valence-corrected chi connectivity index (χ3v) is 4.14. The van der Waals surface area contributed by atoms with Crippen molar-refractivity contribution >= 4 is 5.91 Å². The first-order chi connectivity index (χ1) is 11.2. The summed E-state index contributed by atoms with van der Waals surface area (Å²) >= 11 is 0. The van der Waals surface area contributed by atoms with E-state index >= 15 is 0 Å². The molecule has 1 aliphatic carbocycles. The molecular weight excluding hydrogens is 294 g/mol. The van der Waals surface area contributed by atoms with Crippen molar-refractivity contribution in [3.8, 4) is 0 Å². The Morgan fingerprint density at radius 2 is 2.04 bits per heavy atom. The fourth-order valence-corrected chi connectivity index (χ4v) is 3.02. The number of nitrogens with zero attached hydrogens (tertiary/aromatic N) is 2. The number of rotatable bonds is 6. The van der Waals surface area contributed by atoms with Crippen LogP contribution in [0.15, 0.2) is 34.9 Å². The van der Waals surface area contributed by atoms with Gasteiger partial charge in [0.15, 0.2) is 5.82 Å². The Bertz CT molecular complexity index is 648. The molecule has 1 aromatic carbocycles. The molecule has 0 unspecified atom stereocenters. The van der Waals surface area contributed by atoms with Crippen LogP contribution < -0.4 is 5.32 Å². The first-order valence-electron chi connectivity index (χ1n) is 7.91. The van der Waals surface area contributed by atoms with Gasteiger partial charge in [-0.1, -0.05) is 48.3 Å². The number of nitrogens with one attached hydrogen (secondary N) is 1. The average Bonchev–Trinajstić information content (AvgIpc) is 3.18. The molecule has 0 radical (unpaired) electrons. The van der Waals surface area contributed by atoms with Crippen molar-refractivity contribution in [2.75, 3.05) is 6.61 Å². The van der Waals surface area contributed by atoms with E-state index in [1.54, 1.807) is 6.92 Å². The number of aromatic nitrogens is 2. The van der Waals surface area contributed by atoms with Crippen LogP contribution in [0.3, 0.4) is 0 Å². The van der Waals surface area contributed by atoms with Crippen LogP contribution in [-0.4, -0.2) is 22.7 Å². The van der Waals surface area contributed by atoms with Gasteiger partial charge in [0.25, 0.3) is 0 Å². The third kappa shape index (κ3) is 3.76. The summed E-state index contributed by atoms with van der Waals surface area (Å²) in [6.07, 6.45) is 3.74. The maximum absolute atomic E-state index is 12.3. The lowest BCUT2D eigenvalue weighted by atomic mass is 9.96. The second-order valence-corrected chi connectivity index (χ2v) is 5.95. The summed E-state index contributed by atoms with van der Waals surface area (Å²) in [4.78, 5) is 16.6. The normalized spacial score (nSPS) is 16.4. The van der Waals surface area contributed by atoms with Crippen molar-refractivity contribution in [3.63, 3.8) is 0 Å². The van der Waals surface area contributed by atoms with Gasteiger partial charge in [-0.2, -0.15) is 4.98 Å². The zero-order valence-corrected chi connectivity index (χ0v) is 13.2. The van der Waals surface area contributed by atoms with E-state index < -0.39 is 5.54 Å². The molecule has 1 N–H and O–H groups in total. The van der Waals surface area contributed by atoms with Gasteiger partial charge in [-0.25, -0.2) is 0 Å². The summed E-state index contributed by atoms with van der Waals surface area (Å²) in [5, 5.41) is 7.07. The monoisotopic (exact) mass is 315 g/mol. The number of carbonyl (C=O) groups is 1. The predicted molar refractivity (Wildman–Crippen MR) is 83.4 cm³/mol. The zero-order chi connectivity index (χ0) is 16.1. The fraction of sp³-hybridized carbons (Fsp3) is 0.471. The molecule has 1 aliphatic rings.